The van der Waals surface area contributed by atoms with Crippen molar-refractivity contribution in [3.8, 4) is 0 Å². The molecule has 2 rings (SSSR count). The van der Waals surface area contributed by atoms with E-state index in [-0.39, 0.29) is 0 Å². The molecular weight excluding hydrogens is 268 g/mol. The summed E-state index contributed by atoms with van der Waals surface area (Å²) in [6.07, 6.45) is 2.84. The lowest BCUT2D eigenvalue weighted by molar-refractivity contribution is 0.647. The molecule has 0 fully saturated rings. The highest BCUT2D eigenvalue weighted by Crippen LogP contribution is 2.12. The summed E-state index contributed by atoms with van der Waals surface area (Å²) in [6.45, 7) is 4.44. The van der Waals surface area contributed by atoms with Gasteiger partial charge in [-0.3, -0.25) is 8.89 Å². The number of aromatic nitrogens is 2. The summed E-state index contributed by atoms with van der Waals surface area (Å²) >= 11 is 0. The van der Waals surface area contributed by atoms with Gasteiger partial charge >= 0.3 is 0 Å². The van der Waals surface area contributed by atoms with Crippen LogP contribution in [0.25, 0.3) is 0 Å². The Hall–Kier alpha value is -1.42. The second kappa shape index (κ2) is 6.84. The van der Waals surface area contributed by atoms with Crippen molar-refractivity contribution in [3.05, 3.63) is 53.3 Å². The first kappa shape index (κ1) is 15.0. The van der Waals surface area contributed by atoms with E-state index in [9.17, 15) is 4.21 Å². The van der Waals surface area contributed by atoms with Gasteiger partial charge in [0.1, 0.15) is 0 Å². The fourth-order valence-electron chi connectivity index (χ4n) is 2.19. The SMILES string of the molecule is CC(C)Cc1ccc(C[S@@](=O)Cc2ccnn2C)cc1. The number of nitrogens with zero attached hydrogens (tertiary/aromatic N) is 2. The van der Waals surface area contributed by atoms with Crippen molar-refractivity contribution in [2.75, 3.05) is 0 Å². The Morgan fingerprint density at radius 3 is 2.30 bits per heavy atom. The van der Waals surface area contributed by atoms with Crippen LogP contribution < -0.4 is 0 Å². The molecule has 1 aromatic carbocycles. The minimum absolute atomic E-state index is 0.560. The quantitative estimate of drug-likeness (QED) is 0.819. The van der Waals surface area contributed by atoms with E-state index in [4.69, 9.17) is 0 Å². The molecule has 1 atom stereocenters. The van der Waals surface area contributed by atoms with E-state index in [0.29, 0.717) is 17.4 Å². The summed E-state index contributed by atoms with van der Waals surface area (Å²) in [6, 6.07) is 10.4. The van der Waals surface area contributed by atoms with Crippen LogP contribution in [0.2, 0.25) is 0 Å². The van der Waals surface area contributed by atoms with Crippen molar-refractivity contribution in [1.82, 2.24) is 9.78 Å². The lowest BCUT2D eigenvalue weighted by Crippen LogP contribution is -2.04. The standard InChI is InChI=1S/C16H22N2OS/c1-13(2)10-14-4-6-15(7-5-14)11-20(19)12-16-8-9-17-18(16)3/h4-9,13H,10-12H2,1-3H3/t20-/m1/s1. The van der Waals surface area contributed by atoms with Crippen LogP contribution in [0, 0.1) is 5.92 Å². The highest BCUT2D eigenvalue weighted by atomic mass is 32.2. The van der Waals surface area contributed by atoms with E-state index in [1.807, 2.05) is 13.1 Å². The number of aryl methyl sites for hydroxylation is 1. The van der Waals surface area contributed by atoms with E-state index in [1.165, 1.54) is 5.56 Å². The van der Waals surface area contributed by atoms with Crippen LogP contribution in [0.4, 0.5) is 0 Å². The molecule has 1 aromatic heterocycles. The lowest BCUT2D eigenvalue weighted by atomic mass is 10.0. The van der Waals surface area contributed by atoms with Crippen molar-refractivity contribution in [2.24, 2.45) is 13.0 Å². The van der Waals surface area contributed by atoms with Gasteiger partial charge in [-0.05, 0) is 29.5 Å². The van der Waals surface area contributed by atoms with Gasteiger partial charge in [0.15, 0.2) is 0 Å². The number of hydrogen-bond acceptors (Lipinski definition) is 2. The van der Waals surface area contributed by atoms with Crippen LogP contribution in [-0.2, 0) is 35.8 Å². The smallest absolute Gasteiger partial charge is 0.0659 e. The van der Waals surface area contributed by atoms with Crippen molar-refractivity contribution in [2.45, 2.75) is 31.8 Å². The normalized spacial score (nSPS) is 12.8. The Kier molecular flexibility index (Phi) is 5.12. The fraction of sp³-hybridized carbons (Fsp3) is 0.438. The first-order valence-electron chi connectivity index (χ1n) is 6.94. The third kappa shape index (κ3) is 4.30. The topological polar surface area (TPSA) is 34.9 Å². The molecule has 0 aliphatic heterocycles. The molecular formula is C16H22N2OS. The first-order chi connectivity index (χ1) is 9.54. The van der Waals surface area contributed by atoms with Gasteiger partial charge < -0.3 is 0 Å². The Bertz CT molecular complexity index is 572. The number of rotatable bonds is 6. The molecule has 0 radical (unpaired) electrons. The highest BCUT2D eigenvalue weighted by molar-refractivity contribution is 7.83. The summed E-state index contributed by atoms with van der Waals surface area (Å²) in [7, 11) is 0.993. The zero-order valence-corrected chi connectivity index (χ0v) is 13.2. The molecule has 4 heteroatoms. The van der Waals surface area contributed by atoms with E-state index < -0.39 is 10.8 Å². The zero-order chi connectivity index (χ0) is 14.5. The lowest BCUT2D eigenvalue weighted by Gasteiger charge is -2.07. The second-order valence-electron chi connectivity index (χ2n) is 5.59. The van der Waals surface area contributed by atoms with Crippen LogP contribution in [0.15, 0.2) is 36.5 Å². The molecule has 0 N–H and O–H groups in total. The molecule has 0 spiro atoms. The monoisotopic (exact) mass is 290 g/mol. The molecule has 0 saturated carbocycles. The van der Waals surface area contributed by atoms with Gasteiger partial charge in [0.2, 0.25) is 0 Å². The van der Waals surface area contributed by atoms with Gasteiger partial charge in [0.05, 0.1) is 11.4 Å². The Labute approximate surface area is 123 Å². The first-order valence-corrected chi connectivity index (χ1v) is 8.43. The molecule has 2 aromatic rings. The second-order valence-corrected chi connectivity index (χ2v) is 7.05. The maximum Gasteiger partial charge on any atom is 0.0659 e. The van der Waals surface area contributed by atoms with Crippen molar-refractivity contribution < 1.29 is 4.21 Å². The summed E-state index contributed by atoms with van der Waals surface area (Å²) < 4.78 is 13.9. The van der Waals surface area contributed by atoms with Gasteiger partial charge in [0.25, 0.3) is 0 Å². The van der Waals surface area contributed by atoms with Crippen molar-refractivity contribution >= 4 is 10.8 Å². The van der Waals surface area contributed by atoms with Gasteiger partial charge in [0, 0.05) is 29.8 Å². The Balaban J connectivity index is 1.93. The van der Waals surface area contributed by atoms with Crippen molar-refractivity contribution in [1.29, 1.82) is 0 Å². The maximum absolute atomic E-state index is 12.2. The van der Waals surface area contributed by atoms with Crippen LogP contribution in [0.1, 0.15) is 30.7 Å². The summed E-state index contributed by atoms with van der Waals surface area (Å²) in [4.78, 5) is 0. The van der Waals surface area contributed by atoms with Crippen LogP contribution in [0.3, 0.4) is 0 Å². The van der Waals surface area contributed by atoms with Gasteiger partial charge in [-0.25, -0.2) is 0 Å². The average Bonchev–Trinajstić information content (AvgIpc) is 2.77. The molecule has 108 valence electrons. The van der Waals surface area contributed by atoms with Crippen LogP contribution >= 0.6 is 0 Å². The summed E-state index contributed by atoms with van der Waals surface area (Å²) in [5, 5.41) is 4.10. The molecule has 0 aliphatic rings. The third-order valence-corrected chi connectivity index (χ3v) is 4.50. The molecule has 0 unspecified atom stereocenters. The minimum Gasteiger partial charge on any atom is -0.272 e. The zero-order valence-electron chi connectivity index (χ0n) is 12.4. The molecule has 3 nitrogen and oxygen atoms in total. The molecule has 0 amide bonds. The third-order valence-electron chi connectivity index (χ3n) is 3.23. The maximum atomic E-state index is 12.2. The molecule has 0 aliphatic carbocycles. The molecule has 20 heavy (non-hydrogen) atoms. The van der Waals surface area contributed by atoms with E-state index in [0.717, 1.165) is 17.7 Å². The van der Waals surface area contributed by atoms with E-state index in [2.05, 4.69) is 43.2 Å². The fourth-order valence-corrected chi connectivity index (χ4v) is 3.47. The highest BCUT2D eigenvalue weighted by Gasteiger charge is 2.07. The van der Waals surface area contributed by atoms with Gasteiger partial charge in [-0.1, -0.05) is 38.1 Å². The Morgan fingerprint density at radius 1 is 1.10 bits per heavy atom. The van der Waals surface area contributed by atoms with E-state index >= 15 is 0 Å². The summed E-state index contributed by atoms with van der Waals surface area (Å²) in [5.41, 5.74) is 3.50. The van der Waals surface area contributed by atoms with E-state index in [1.54, 1.807) is 10.9 Å². The Morgan fingerprint density at radius 2 is 1.75 bits per heavy atom. The summed E-state index contributed by atoms with van der Waals surface area (Å²) in [5.74, 6) is 1.83. The number of hydrogen-bond donors (Lipinski definition) is 0. The molecule has 1 heterocycles. The molecule has 0 bridgehead atoms. The minimum atomic E-state index is -0.889. The molecule has 0 saturated heterocycles. The predicted molar refractivity (Wildman–Crippen MR) is 83.7 cm³/mol. The van der Waals surface area contributed by atoms with Crippen molar-refractivity contribution in [3.63, 3.8) is 0 Å². The van der Waals surface area contributed by atoms with Gasteiger partial charge in [-0.2, -0.15) is 5.10 Å². The largest absolute Gasteiger partial charge is 0.272 e. The average molecular weight is 290 g/mol. The van der Waals surface area contributed by atoms with Crippen LogP contribution in [0.5, 0.6) is 0 Å². The van der Waals surface area contributed by atoms with Crippen LogP contribution in [-0.4, -0.2) is 14.0 Å². The van der Waals surface area contributed by atoms with Gasteiger partial charge in [-0.15, -0.1) is 0 Å². The number of benzene rings is 1. The predicted octanol–water partition coefficient (Wildman–Crippen LogP) is 3.07.